The summed E-state index contributed by atoms with van der Waals surface area (Å²) in [5.41, 5.74) is 2.09. The van der Waals surface area contributed by atoms with Gasteiger partial charge in [0.05, 0.1) is 4.92 Å². The molecular weight excluding hydrogens is 271 g/mol. The summed E-state index contributed by atoms with van der Waals surface area (Å²) < 4.78 is 14.0. The molecule has 0 radical (unpaired) electrons. The Bertz CT molecular complexity index is 658. The fourth-order valence-corrected chi connectivity index (χ4v) is 2.29. The molecule has 0 unspecified atom stereocenters. The minimum atomic E-state index is -0.771. The van der Waals surface area contributed by atoms with Crippen LogP contribution in [0.3, 0.4) is 0 Å². The highest BCUT2D eigenvalue weighted by molar-refractivity contribution is 5.37. The van der Waals surface area contributed by atoms with Crippen LogP contribution in [-0.2, 0) is 6.54 Å². The van der Waals surface area contributed by atoms with Gasteiger partial charge < -0.3 is 5.32 Å². The number of halogens is 1. The van der Waals surface area contributed by atoms with Crippen molar-refractivity contribution in [2.24, 2.45) is 0 Å². The largest absolute Gasteiger partial charge is 0.306 e. The standard InChI is InChI=1S/C16H17FN2O2/c1-11-6-3-4-8-14(11)12(2)18-10-13-7-5-9-15(16(13)17)19(20)21/h3-9,12,18H,10H2,1-2H3/t12-/m0/s1. The van der Waals surface area contributed by atoms with Gasteiger partial charge in [-0.15, -0.1) is 0 Å². The molecule has 2 aromatic rings. The smallest absolute Gasteiger partial charge is 0.305 e. The van der Waals surface area contributed by atoms with E-state index in [-0.39, 0.29) is 12.6 Å². The lowest BCUT2D eigenvalue weighted by Crippen LogP contribution is -2.19. The van der Waals surface area contributed by atoms with Crippen molar-refractivity contribution in [2.75, 3.05) is 0 Å². The van der Waals surface area contributed by atoms with Crippen LogP contribution in [0.2, 0.25) is 0 Å². The molecule has 110 valence electrons. The van der Waals surface area contributed by atoms with E-state index in [0.717, 1.165) is 11.1 Å². The van der Waals surface area contributed by atoms with Crippen molar-refractivity contribution >= 4 is 5.69 Å². The normalized spacial score (nSPS) is 12.1. The summed E-state index contributed by atoms with van der Waals surface area (Å²) in [5.74, 6) is -0.771. The lowest BCUT2D eigenvalue weighted by molar-refractivity contribution is -0.387. The molecule has 0 aromatic heterocycles. The van der Waals surface area contributed by atoms with Crippen molar-refractivity contribution in [3.8, 4) is 0 Å². The van der Waals surface area contributed by atoms with Gasteiger partial charge in [0.1, 0.15) is 0 Å². The van der Waals surface area contributed by atoms with Gasteiger partial charge in [-0.25, -0.2) is 0 Å². The van der Waals surface area contributed by atoms with Gasteiger partial charge in [-0.05, 0) is 25.0 Å². The zero-order valence-electron chi connectivity index (χ0n) is 12.0. The van der Waals surface area contributed by atoms with Crippen molar-refractivity contribution in [3.05, 3.63) is 75.1 Å². The number of nitro benzene ring substituents is 1. The summed E-state index contributed by atoms with van der Waals surface area (Å²) >= 11 is 0. The molecule has 0 saturated heterocycles. The lowest BCUT2D eigenvalue weighted by atomic mass is 10.0. The van der Waals surface area contributed by atoms with Crippen LogP contribution in [-0.4, -0.2) is 4.92 Å². The molecule has 0 aliphatic rings. The summed E-state index contributed by atoms with van der Waals surface area (Å²) in [6.45, 7) is 4.24. The quantitative estimate of drug-likeness (QED) is 0.670. The SMILES string of the molecule is Cc1ccccc1[C@H](C)NCc1cccc([N+](=O)[O-])c1F. The highest BCUT2D eigenvalue weighted by atomic mass is 19.1. The molecule has 0 bridgehead atoms. The third-order valence-electron chi connectivity index (χ3n) is 3.51. The monoisotopic (exact) mass is 288 g/mol. The first-order valence-electron chi connectivity index (χ1n) is 6.71. The van der Waals surface area contributed by atoms with E-state index < -0.39 is 16.4 Å². The number of hydrogen-bond acceptors (Lipinski definition) is 3. The number of hydrogen-bond donors (Lipinski definition) is 1. The number of aryl methyl sites for hydroxylation is 1. The maximum Gasteiger partial charge on any atom is 0.305 e. The summed E-state index contributed by atoms with van der Waals surface area (Å²) in [6, 6.07) is 12.2. The molecule has 1 N–H and O–H groups in total. The molecule has 5 heteroatoms. The van der Waals surface area contributed by atoms with Gasteiger partial charge in [0, 0.05) is 24.2 Å². The summed E-state index contributed by atoms with van der Waals surface area (Å²) in [5, 5.41) is 13.9. The van der Waals surface area contributed by atoms with Gasteiger partial charge in [-0.1, -0.05) is 36.4 Å². The highest BCUT2D eigenvalue weighted by Gasteiger charge is 2.17. The average Bonchev–Trinajstić information content (AvgIpc) is 2.46. The van der Waals surface area contributed by atoms with Gasteiger partial charge in [0.2, 0.25) is 5.82 Å². The molecule has 0 amide bonds. The highest BCUT2D eigenvalue weighted by Crippen LogP contribution is 2.22. The Kier molecular flexibility index (Phi) is 4.65. The van der Waals surface area contributed by atoms with Crippen LogP contribution in [0.4, 0.5) is 10.1 Å². The Hall–Kier alpha value is -2.27. The van der Waals surface area contributed by atoms with E-state index in [2.05, 4.69) is 5.32 Å². The molecule has 0 heterocycles. The lowest BCUT2D eigenvalue weighted by Gasteiger charge is -2.16. The fraction of sp³-hybridized carbons (Fsp3) is 0.250. The molecule has 0 aliphatic carbocycles. The van der Waals surface area contributed by atoms with E-state index in [4.69, 9.17) is 0 Å². The maximum atomic E-state index is 14.0. The number of benzene rings is 2. The zero-order chi connectivity index (χ0) is 15.4. The van der Waals surface area contributed by atoms with Gasteiger partial charge in [-0.3, -0.25) is 10.1 Å². The van der Waals surface area contributed by atoms with Crippen molar-refractivity contribution in [1.29, 1.82) is 0 Å². The number of nitro groups is 1. The second-order valence-corrected chi connectivity index (χ2v) is 4.97. The Labute approximate surface area is 122 Å². The van der Waals surface area contributed by atoms with Gasteiger partial charge in [-0.2, -0.15) is 4.39 Å². The third-order valence-corrected chi connectivity index (χ3v) is 3.51. The second-order valence-electron chi connectivity index (χ2n) is 4.97. The molecule has 21 heavy (non-hydrogen) atoms. The van der Waals surface area contributed by atoms with Crippen LogP contribution < -0.4 is 5.32 Å². The predicted octanol–water partition coefficient (Wildman–Crippen LogP) is 3.89. The van der Waals surface area contributed by atoms with Crippen LogP contribution in [0, 0.1) is 22.9 Å². The summed E-state index contributed by atoms with van der Waals surface area (Å²) in [4.78, 5) is 10.0. The third kappa shape index (κ3) is 3.44. The minimum absolute atomic E-state index is 0.0323. The van der Waals surface area contributed by atoms with Gasteiger partial charge in [0.25, 0.3) is 0 Å². The van der Waals surface area contributed by atoms with Crippen LogP contribution in [0.5, 0.6) is 0 Å². The first-order valence-corrected chi connectivity index (χ1v) is 6.71. The van der Waals surface area contributed by atoms with E-state index in [9.17, 15) is 14.5 Å². The fourth-order valence-electron chi connectivity index (χ4n) is 2.29. The van der Waals surface area contributed by atoms with Crippen LogP contribution >= 0.6 is 0 Å². The molecule has 0 fully saturated rings. The molecule has 2 rings (SSSR count). The number of nitrogens with zero attached hydrogens (tertiary/aromatic N) is 1. The summed E-state index contributed by atoms with van der Waals surface area (Å²) in [6.07, 6.45) is 0. The summed E-state index contributed by atoms with van der Waals surface area (Å²) in [7, 11) is 0. The molecule has 4 nitrogen and oxygen atoms in total. The number of nitrogens with one attached hydrogen (secondary N) is 1. The molecule has 0 spiro atoms. The predicted molar refractivity (Wildman–Crippen MR) is 79.5 cm³/mol. The van der Waals surface area contributed by atoms with Crippen molar-refractivity contribution < 1.29 is 9.31 Å². The molecule has 0 saturated carbocycles. The van der Waals surface area contributed by atoms with E-state index in [1.165, 1.54) is 12.1 Å². The van der Waals surface area contributed by atoms with E-state index in [1.54, 1.807) is 6.07 Å². The Morgan fingerprint density at radius 2 is 1.95 bits per heavy atom. The zero-order valence-corrected chi connectivity index (χ0v) is 12.0. The van der Waals surface area contributed by atoms with Crippen LogP contribution in [0.15, 0.2) is 42.5 Å². The Balaban J connectivity index is 2.12. The van der Waals surface area contributed by atoms with E-state index >= 15 is 0 Å². The molecule has 1 atom stereocenters. The molecule has 0 aliphatic heterocycles. The van der Waals surface area contributed by atoms with Gasteiger partial charge >= 0.3 is 5.69 Å². The second kappa shape index (κ2) is 6.45. The maximum absolute atomic E-state index is 14.0. The van der Waals surface area contributed by atoms with Crippen molar-refractivity contribution in [2.45, 2.75) is 26.4 Å². The Morgan fingerprint density at radius 3 is 2.62 bits per heavy atom. The van der Waals surface area contributed by atoms with E-state index in [0.29, 0.717) is 5.56 Å². The first kappa shape index (κ1) is 15.1. The van der Waals surface area contributed by atoms with E-state index in [1.807, 2.05) is 38.1 Å². The van der Waals surface area contributed by atoms with Gasteiger partial charge in [0.15, 0.2) is 0 Å². The minimum Gasteiger partial charge on any atom is -0.306 e. The van der Waals surface area contributed by atoms with Crippen LogP contribution in [0.25, 0.3) is 0 Å². The molecular formula is C16H17FN2O2. The molecule has 2 aromatic carbocycles. The average molecular weight is 288 g/mol. The van der Waals surface area contributed by atoms with Crippen molar-refractivity contribution in [3.63, 3.8) is 0 Å². The Morgan fingerprint density at radius 1 is 1.24 bits per heavy atom. The van der Waals surface area contributed by atoms with Crippen LogP contribution in [0.1, 0.15) is 29.7 Å². The first-order chi connectivity index (χ1) is 10.0. The van der Waals surface area contributed by atoms with Crippen molar-refractivity contribution in [1.82, 2.24) is 5.32 Å². The topological polar surface area (TPSA) is 55.2 Å². The number of rotatable bonds is 5.